The SMILES string of the molecule is C/C(=N\OC(=O)N(CCC1NCCC1=O)C1CCC1)[C@H]1CC[C@H]2[C@@H]3CCC4=CC(=O)CC[C@]4(C)[C@H]3CC[C@]12C. The largest absolute Gasteiger partial charge is 0.436 e. The highest BCUT2D eigenvalue weighted by atomic mass is 16.7. The molecule has 0 aromatic heterocycles. The van der Waals surface area contributed by atoms with E-state index in [2.05, 4.69) is 31.2 Å². The molecule has 4 saturated carbocycles. The number of carbonyl (C=O) groups excluding carboxylic acids is 3. The van der Waals surface area contributed by atoms with Crippen LogP contribution in [-0.4, -0.2) is 53.4 Å². The van der Waals surface area contributed by atoms with Gasteiger partial charge in [-0.1, -0.05) is 24.6 Å². The number of nitrogens with zero attached hydrogens (tertiary/aromatic N) is 2. The van der Waals surface area contributed by atoms with E-state index in [0.29, 0.717) is 55.3 Å². The van der Waals surface area contributed by atoms with Gasteiger partial charge in [-0.05, 0) is 112 Å². The fourth-order valence-corrected chi connectivity index (χ4v) is 9.78. The first kappa shape index (κ1) is 27.2. The van der Waals surface area contributed by atoms with Crippen LogP contribution in [0.4, 0.5) is 4.79 Å². The van der Waals surface area contributed by atoms with Crippen molar-refractivity contribution >= 4 is 23.4 Å². The number of rotatable bonds is 6. The van der Waals surface area contributed by atoms with Crippen molar-refractivity contribution in [3.05, 3.63) is 11.6 Å². The van der Waals surface area contributed by atoms with Crippen molar-refractivity contribution in [2.45, 2.75) is 116 Å². The van der Waals surface area contributed by atoms with Crippen molar-refractivity contribution in [1.82, 2.24) is 10.2 Å². The maximum atomic E-state index is 13.2. The summed E-state index contributed by atoms with van der Waals surface area (Å²) in [6.07, 6.45) is 14.7. The van der Waals surface area contributed by atoms with Crippen LogP contribution in [-0.2, 0) is 14.4 Å². The molecule has 0 bridgehead atoms. The monoisotopic (exact) mass is 537 g/mol. The second-order valence-electron chi connectivity index (χ2n) is 14.0. The summed E-state index contributed by atoms with van der Waals surface area (Å²) in [5.41, 5.74) is 2.76. The highest BCUT2D eigenvalue weighted by Gasteiger charge is 2.59. The van der Waals surface area contributed by atoms with E-state index in [1.54, 1.807) is 0 Å². The summed E-state index contributed by atoms with van der Waals surface area (Å²) in [6.45, 7) is 8.24. The van der Waals surface area contributed by atoms with Crippen molar-refractivity contribution in [2.24, 2.45) is 39.7 Å². The Hall–Kier alpha value is -2.02. The molecule has 1 heterocycles. The minimum atomic E-state index is -0.362. The molecule has 0 aromatic carbocycles. The van der Waals surface area contributed by atoms with Crippen molar-refractivity contribution < 1.29 is 19.2 Å². The zero-order valence-electron chi connectivity index (χ0n) is 24.2. The summed E-state index contributed by atoms with van der Waals surface area (Å²) in [5.74, 6) is 2.96. The van der Waals surface area contributed by atoms with Gasteiger partial charge in [0.25, 0.3) is 0 Å². The summed E-state index contributed by atoms with van der Waals surface area (Å²) >= 11 is 0. The van der Waals surface area contributed by atoms with E-state index in [1.165, 1.54) is 31.3 Å². The Morgan fingerprint density at radius 1 is 1.05 bits per heavy atom. The first-order chi connectivity index (χ1) is 18.7. The highest BCUT2D eigenvalue weighted by Crippen LogP contribution is 2.66. The number of Topliss-reactive ketones (excluding diaryl/α,β-unsaturated/α-hetero) is 1. The van der Waals surface area contributed by atoms with Crippen molar-refractivity contribution in [3.8, 4) is 0 Å². The lowest BCUT2D eigenvalue weighted by atomic mass is 9.46. The van der Waals surface area contributed by atoms with E-state index in [9.17, 15) is 14.4 Å². The van der Waals surface area contributed by atoms with Gasteiger partial charge in [-0.2, -0.15) is 0 Å². The Kier molecular flexibility index (Phi) is 7.26. The van der Waals surface area contributed by atoms with Gasteiger partial charge in [0.05, 0.1) is 11.8 Å². The molecule has 5 fully saturated rings. The van der Waals surface area contributed by atoms with Crippen LogP contribution in [0.5, 0.6) is 0 Å². The van der Waals surface area contributed by atoms with Gasteiger partial charge in [-0.25, -0.2) is 4.79 Å². The van der Waals surface area contributed by atoms with Gasteiger partial charge in [-0.15, -0.1) is 0 Å². The number of amides is 1. The minimum absolute atomic E-state index is 0.140. The van der Waals surface area contributed by atoms with Gasteiger partial charge in [0, 0.05) is 37.9 Å². The Balaban J connectivity index is 1.11. The minimum Gasteiger partial charge on any atom is -0.307 e. The Morgan fingerprint density at radius 2 is 1.87 bits per heavy atom. The van der Waals surface area contributed by atoms with E-state index in [1.807, 2.05) is 11.0 Å². The van der Waals surface area contributed by atoms with E-state index >= 15 is 0 Å². The quantitative estimate of drug-likeness (QED) is 0.262. The third kappa shape index (κ3) is 4.70. The molecule has 7 nitrogen and oxygen atoms in total. The number of allylic oxidation sites excluding steroid dienone is 1. The lowest BCUT2D eigenvalue weighted by molar-refractivity contribution is -0.119. The Morgan fingerprint density at radius 3 is 2.59 bits per heavy atom. The molecule has 1 N–H and O–H groups in total. The Labute approximate surface area is 233 Å². The molecule has 1 aliphatic heterocycles. The molecule has 1 amide bonds. The predicted octanol–water partition coefficient (Wildman–Crippen LogP) is 5.82. The van der Waals surface area contributed by atoms with Gasteiger partial charge in [0.2, 0.25) is 0 Å². The van der Waals surface area contributed by atoms with Gasteiger partial charge in [0.1, 0.15) is 0 Å². The van der Waals surface area contributed by atoms with Gasteiger partial charge in [-0.3, -0.25) is 14.4 Å². The second-order valence-corrected chi connectivity index (χ2v) is 14.0. The summed E-state index contributed by atoms with van der Waals surface area (Å²) in [4.78, 5) is 44.9. The zero-order chi connectivity index (χ0) is 27.4. The summed E-state index contributed by atoms with van der Waals surface area (Å²) < 4.78 is 0. The molecule has 6 aliphatic rings. The Bertz CT molecular complexity index is 1080. The smallest absolute Gasteiger partial charge is 0.307 e. The van der Waals surface area contributed by atoms with Gasteiger partial charge >= 0.3 is 6.09 Å². The molecule has 214 valence electrons. The van der Waals surface area contributed by atoms with Crippen LogP contribution in [0, 0.1) is 34.5 Å². The molecular formula is C32H47N3O4. The first-order valence-electron chi connectivity index (χ1n) is 15.7. The molecule has 5 aliphatic carbocycles. The molecule has 0 aromatic rings. The fraction of sp³-hybridized carbons (Fsp3) is 0.812. The molecule has 1 saturated heterocycles. The molecule has 1 unspecified atom stereocenters. The second kappa shape index (κ2) is 10.4. The van der Waals surface area contributed by atoms with Crippen LogP contribution in [0.25, 0.3) is 0 Å². The maximum Gasteiger partial charge on any atom is 0.436 e. The fourth-order valence-electron chi connectivity index (χ4n) is 9.78. The van der Waals surface area contributed by atoms with Crippen LogP contribution < -0.4 is 5.32 Å². The van der Waals surface area contributed by atoms with E-state index in [-0.39, 0.29) is 34.8 Å². The van der Waals surface area contributed by atoms with Crippen molar-refractivity contribution in [3.63, 3.8) is 0 Å². The summed E-state index contributed by atoms with van der Waals surface area (Å²) in [5, 5.41) is 7.75. The number of oxime groups is 1. The highest BCUT2D eigenvalue weighted by molar-refractivity contribution is 5.91. The predicted molar refractivity (Wildman–Crippen MR) is 150 cm³/mol. The molecule has 0 radical (unpaired) electrons. The molecule has 7 atom stereocenters. The number of carbonyl (C=O) groups is 3. The van der Waals surface area contributed by atoms with Crippen LogP contribution >= 0.6 is 0 Å². The number of hydrogen-bond donors (Lipinski definition) is 1. The normalized spacial score (nSPS) is 40.3. The number of ketones is 2. The molecular weight excluding hydrogens is 490 g/mol. The van der Waals surface area contributed by atoms with Crippen LogP contribution in [0.3, 0.4) is 0 Å². The van der Waals surface area contributed by atoms with Crippen molar-refractivity contribution in [1.29, 1.82) is 0 Å². The van der Waals surface area contributed by atoms with Gasteiger partial charge < -0.3 is 10.2 Å². The number of hydrogen-bond acceptors (Lipinski definition) is 6. The lowest BCUT2D eigenvalue weighted by Gasteiger charge is -2.58. The standard InChI is InChI=1S/C32H47N3O4/c1-20(34-39-30(38)35(22-5-4-6-22)18-14-28-29(37)13-17-33-28)25-9-10-26-24-8-7-21-19-23(36)11-15-31(21,2)27(24)12-16-32(25,26)3/h19,22,24-28,33H,4-18H2,1-3H3/b34-20+/t24-,25+,26-,27-,28?,31-,32+/m0/s1. The zero-order valence-corrected chi connectivity index (χ0v) is 24.2. The van der Waals surface area contributed by atoms with E-state index in [4.69, 9.17) is 4.84 Å². The van der Waals surface area contributed by atoms with E-state index < -0.39 is 0 Å². The first-order valence-corrected chi connectivity index (χ1v) is 15.7. The van der Waals surface area contributed by atoms with E-state index in [0.717, 1.165) is 50.8 Å². The lowest BCUT2D eigenvalue weighted by Crippen LogP contribution is -2.51. The van der Waals surface area contributed by atoms with Crippen molar-refractivity contribution in [2.75, 3.05) is 13.1 Å². The molecule has 39 heavy (non-hydrogen) atoms. The third-order valence-electron chi connectivity index (χ3n) is 12.3. The van der Waals surface area contributed by atoms with Crippen LogP contribution in [0.1, 0.15) is 104 Å². The number of fused-ring (bicyclic) bond motifs is 5. The maximum absolute atomic E-state index is 13.2. The van der Waals surface area contributed by atoms with Crippen LogP contribution in [0.15, 0.2) is 16.8 Å². The molecule has 0 spiro atoms. The van der Waals surface area contributed by atoms with Gasteiger partial charge in [0.15, 0.2) is 11.6 Å². The average molecular weight is 538 g/mol. The average Bonchev–Trinajstić information content (AvgIpc) is 3.46. The van der Waals surface area contributed by atoms with Crippen LogP contribution in [0.2, 0.25) is 0 Å². The topological polar surface area (TPSA) is 88.1 Å². The summed E-state index contributed by atoms with van der Waals surface area (Å²) in [6, 6.07) is 0.0636. The molecule has 6 rings (SSSR count). The third-order valence-corrected chi connectivity index (χ3v) is 12.3. The molecule has 7 heteroatoms. The number of nitrogens with one attached hydrogen (secondary N) is 1. The summed E-state index contributed by atoms with van der Waals surface area (Å²) in [7, 11) is 0.